The van der Waals surface area contributed by atoms with Gasteiger partial charge in [-0.05, 0) is 18.4 Å². The molecule has 1 aliphatic heterocycles. The number of nitrogens with one attached hydrogen (secondary N) is 1. The molecule has 1 fully saturated rings. The summed E-state index contributed by atoms with van der Waals surface area (Å²) in [5.41, 5.74) is 0.835. The molecule has 1 aromatic rings. The van der Waals surface area contributed by atoms with Crippen molar-refractivity contribution < 1.29 is 17.9 Å². The van der Waals surface area contributed by atoms with Crippen LogP contribution >= 0.6 is 24.0 Å². The number of sulfone groups is 1. The summed E-state index contributed by atoms with van der Waals surface area (Å²) in [6.45, 7) is 4.40. The Hall–Kier alpha value is -0.910. The summed E-state index contributed by atoms with van der Waals surface area (Å²) in [5, 5.41) is 3.30. The van der Waals surface area contributed by atoms with Crippen molar-refractivity contribution in [2.45, 2.75) is 18.6 Å². The molecule has 1 N–H and O–H groups in total. The minimum absolute atomic E-state index is 0. The number of hydrogen-bond acceptors (Lipinski definition) is 5. The SMILES string of the molecule is CN=C(NCCCS(=O)(=O)Cc1ccccc1)N1CCC(COCCOC)C1.I. The topological polar surface area (TPSA) is 80.2 Å². The Kier molecular flexibility index (Phi) is 12.8. The van der Waals surface area contributed by atoms with E-state index < -0.39 is 9.84 Å². The molecule has 1 heterocycles. The average molecular weight is 539 g/mol. The molecule has 29 heavy (non-hydrogen) atoms. The number of likely N-dealkylation sites (tertiary alicyclic amines) is 1. The molecule has 1 aromatic carbocycles. The summed E-state index contributed by atoms with van der Waals surface area (Å²) in [6.07, 6.45) is 1.63. The molecular formula is C20H34IN3O4S. The lowest BCUT2D eigenvalue weighted by atomic mass is 10.1. The van der Waals surface area contributed by atoms with Crippen molar-refractivity contribution in [1.29, 1.82) is 0 Å². The van der Waals surface area contributed by atoms with E-state index in [1.54, 1.807) is 14.2 Å². The first-order chi connectivity index (χ1) is 13.5. The summed E-state index contributed by atoms with van der Waals surface area (Å²) >= 11 is 0. The Morgan fingerprint density at radius 2 is 2.03 bits per heavy atom. The second kappa shape index (κ2) is 14.2. The monoisotopic (exact) mass is 539 g/mol. The quantitative estimate of drug-likeness (QED) is 0.201. The molecule has 0 radical (unpaired) electrons. The summed E-state index contributed by atoms with van der Waals surface area (Å²) in [5.74, 6) is 1.59. The largest absolute Gasteiger partial charge is 0.382 e. The van der Waals surface area contributed by atoms with Crippen LogP contribution in [0.4, 0.5) is 0 Å². The van der Waals surface area contributed by atoms with Crippen LogP contribution in [0, 0.1) is 5.92 Å². The Bertz CT molecular complexity index is 701. The fourth-order valence-corrected chi connectivity index (χ4v) is 4.71. The average Bonchev–Trinajstić information content (AvgIpc) is 3.14. The van der Waals surface area contributed by atoms with Gasteiger partial charge in [0.25, 0.3) is 0 Å². The molecule has 9 heteroatoms. The minimum atomic E-state index is -3.10. The van der Waals surface area contributed by atoms with E-state index >= 15 is 0 Å². The van der Waals surface area contributed by atoms with Gasteiger partial charge in [0.15, 0.2) is 15.8 Å². The lowest BCUT2D eigenvalue weighted by molar-refractivity contribution is 0.0536. The van der Waals surface area contributed by atoms with Crippen LogP contribution in [0.3, 0.4) is 0 Å². The zero-order chi connectivity index (χ0) is 20.2. The number of rotatable bonds is 11. The van der Waals surface area contributed by atoms with Crippen molar-refractivity contribution in [3.05, 3.63) is 35.9 Å². The van der Waals surface area contributed by atoms with Gasteiger partial charge in [-0.3, -0.25) is 4.99 Å². The normalized spacial score (nSPS) is 17.2. The summed E-state index contributed by atoms with van der Waals surface area (Å²) in [7, 11) is 0.328. The number of methoxy groups -OCH3 is 1. The van der Waals surface area contributed by atoms with E-state index in [1.165, 1.54) is 0 Å². The second-order valence-corrected chi connectivity index (χ2v) is 9.26. The van der Waals surface area contributed by atoms with Crippen LogP contribution in [0.5, 0.6) is 0 Å². The zero-order valence-electron chi connectivity index (χ0n) is 17.4. The van der Waals surface area contributed by atoms with Crippen molar-refractivity contribution in [2.75, 3.05) is 59.4 Å². The van der Waals surface area contributed by atoms with Crippen LogP contribution < -0.4 is 5.32 Å². The maximum Gasteiger partial charge on any atom is 0.193 e. The van der Waals surface area contributed by atoms with E-state index in [1.807, 2.05) is 30.3 Å². The summed E-state index contributed by atoms with van der Waals surface area (Å²) in [6, 6.07) is 9.31. The van der Waals surface area contributed by atoms with Gasteiger partial charge in [-0.2, -0.15) is 0 Å². The predicted molar refractivity (Wildman–Crippen MR) is 128 cm³/mol. The van der Waals surface area contributed by atoms with Crippen molar-refractivity contribution in [3.63, 3.8) is 0 Å². The molecule has 2 rings (SSSR count). The molecule has 0 spiro atoms. The Labute approximate surface area is 192 Å². The first-order valence-electron chi connectivity index (χ1n) is 9.80. The molecule has 0 amide bonds. The molecule has 1 unspecified atom stereocenters. The number of ether oxygens (including phenoxy) is 2. The van der Waals surface area contributed by atoms with Gasteiger partial charge >= 0.3 is 0 Å². The fourth-order valence-electron chi connectivity index (χ4n) is 3.28. The number of halogens is 1. The van der Waals surface area contributed by atoms with Gasteiger partial charge < -0.3 is 19.7 Å². The number of guanidine groups is 1. The van der Waals surface area contributed by atoms with Crippen LogP contribution in [0.1, 0.15) is 18.4 Å². The van der Waals surface area contributed by atoms with Gasteiger partial charge in [-0.25, -0.2) is 8.42 Å². The van der Waals surface area contributed by atoms with Gasteiger partial charge in [-0.1, -0.05) is 30.3 Å². The van der Waals surface area contributed by atoms with Crippen molar-refractivity contribution >= 4 is 39.8 Å². The van der Waals surface area contributed by atoms with E-state index in [-0.39, 0.29) is 35.5 Å². The van der Waals surface area contributed by atoms with E-state index in [0.717, 1.165) is 37.6 Å². The standard InChI is InChI=1S/C20H33N3O4S.HI/c1-21-20(23-11-9-19(15-23)16-27-13-12-26-2)22-10-6-14-28(24,25)17-18-7-4-3-5-8-18;/h3-5,7-8,19H,6,9-17H2,1-2H3,(H,21,22);1H. The highest BCUT2D eigenvalue weighted by molar-refractivity contribution is 14.0. The molecule has 166 valence electrons. The Balaban J connectivity index is 0.00000420. The van der Waals surface area contributed by atoms with E-state index in [0.29, 0.717) is 32.1 Å². The van der Waals surface area contributed by atoms with Gasteiger partial charge in [0.1, 0.15) is 0 Å². The molecule has 7 nitrogen and oxygen atoms in total. The van der Waals surface area contributed by atoms with Crippen LogP contribution in [-0.4, -0.2) is 78.6 Å². The predicted octanol–water partition coefficient (Wildman–Crippen LogP) is 2.17. The van der Waals surface area contributed by atoms with Crippen LogP contribution in [-0.2, 0) is 25.1 Å². The number of hydrogen-bond donors (Lipinski definition) is 1. The molecule has 0 aliphatic carbocycles. The van der Waals surface area contributed by atoms with Crippen LogP contribution in [0.2, 0.25) is 0 Å². The molecule has 1 saturated heterocycles. The van der Waals surface area contributed by atoms with E-state index in [2.05, 4.69) is 15.2 Å². The Morgan fingerprint density at radius 1 is 1.28 bits per heavy atom. The number of benzene rings is 1. The summed E-state index contributed by atoms with van der Waals surface area (Å²) in [4.78, 5) is 6.55. The van der Waals surface area contributed by atoms with Crippen LogP contribution in [0.25, 0.3) is 0 Å². The first kappa shape index (κ1) is 26.1. The first-order valence-corrected chi connectivity index (χ1v) is 11.6. The van der Waals surface area contributed by atoms with Gasteiger partial charge in [0.2, 0.25) is 0 Å². The minimum Gasteiger partial charge on any atom is -0.382 e. The van der Waals surface area contributed by atoms with Gasteiger partial charge in [0, 0.05) is 39.7 Å². The summed E-state index contributed by atoms with van der Waals surface area (Å²) < 4.78 is 35.2. The Morgan fingerprint density at radius 3 is 2.72 bits per heavy atom. The molecule has 0 saturated carbocycles. The molecule has 0 bridgehead atoms. The van der Waals surface area contributed by atoms with Crippen molar-refractivity contribution in [3.8, 4) is 0 Å². The lowest BCUT2D eigenvalue weighted by Gasteiger charge is -2.21. The molecule has 1 aliphatic rings. The van der Waals surface area contributed by atoms with Crippen molar-refractivity contribution in [1.82, 2.24) is 10.2 Å². The van der Waals surface area contributed by atoms with Gasteiger partial charge in [0.05, 0.1) is 31.3 Å². The lowest BCUT2D eigenvalue weighted by Crippen LogP contribution is -2.41. The zero-order valence-corrected chi connectivity index (χ0v) is 20.5. The maximum atomic E-state index is 12.3. The highest BCUT2D eigenvalue weighted by Crippen LogP contribution is 2.16. The van der Waals surface area contributed by atoms with Crippen molar-refractivity contribution in [2.24, 2.45) is 10.9 Å². The third-order valence-corrected chi connectivity index (χ3v) is 6.41. The van der Waals surface area contributed by atoms with E-state index in [4.69, 9.17) is 9.47 Å². The third kappa shape index (κ3) is 10.1. The fraction of sp³-hybridized carbons (Fsp3) is 0.650. The second-order valence-electron chi connectivity index (χ2n) is 7.07. The molecule has 0 aromatic heterocycles. The smallest absolute Gasteiger partial charge is 0.193 e. The third-order valence-electron chi connectivity index (χ3n) is 4.73. The number of nitrogens with zero attached hydrogens (tertiary/aromatic N) is 2. The highest BCUT2D eigenvalue weighted by Gasteiger charge is 2.24. The van der Waals surface area contributed by atoms with Gasteiger partial charge in [-0.15, -0.1) is 24.0 Å². The highest BCUT2D eigenvalue weighted by atomic mass is 127. The van der Waals surface area contributed by atoms with E-state index in [9.17, 15) is 8.42 Å². The van der Waals surface area contributed by atoms with Crippen LogP contribution in [0.15, 0.2) is 35.3 Å². The molecular weight excluding hydrogens is 505 g/mol. The maximum absolute atomic E-state index is 12.3. The molecule has 1 atom stereocenters. The number of aliphatic imine (C=N–C) groups is 1.